The van der Waals surface area contributed by atoms with Crippen LogP contribution in [0.4, 0.5) is 0 Å². The number of carbonyl (C=O) groups is 1. The second-order valence-electron chi connectivity index (χ2n) is 8.63. The van der Waals surface area contributed by atoms with E-state index in [1.165, 1.54) is 11.8 Å². The fourth-order valence-electron chi connectivity index (χ4n) is 4.46. The molecule has 0 saturated heterocycles. The third kappa shape index (κ3) is 4.81. The molecule has 172 valence electrons. The summed E-state index contributed by atoms with van der Waals surface area (Å²) < 4.78 is 22.6. The molecule has 0 saturated carbocycles. The van der Waals surface area contributed by atoms with Crippen LogP contribution in [0.5, 0.6) is 0 Å². The molecule has 1 aliphatic carbocycles. The number of sulfone groups is 1. The minimum atomic E-state index is -3.02. The summed E-state index contributed by atoms with van der Waals surface area (Å²) in [5.41, 5.74) is 5.41. The molecule has 0 fully saturated rings. The number of amides is 1. The van der Waals surface area contributed by atoms with Gasteiger partial charge in [0.2, 0.25) is 5.91 Å². The van der Waals surface area contributed by atoms with E-state index in [4.69, 9.17) is 0 Å². The van der Waals surface area contributed by atoms with Crippen LogP contribution in [0.2, 0.25) is 0 Å². The van der Waals surface area contributed by atoms with Crippen molar-refractivity contribution in [3.8, 4) is 0 Å². The van der Waals surface area contributed by atoms with Crippen molar-refractivity contribution in [3.05, 3.63) is 46.9 Å². The van der Waals surface area contributed by atoms with E-state index in [0.717, 1.165) is 57.2 Å². The smallest absolute Gasteiger partial charge is 0.223 e. The maximum atomic E-state index is 12.8. The van der Waals surface area contributed by atoms with E-state index in [2.05, 4.69) is 43.5 Å². The molecule has 10 heteroatoms. The Hall–Kier alpha value is -2.72. The van der Waals surface area contributed by atoms with Gasteiger partial charge in [-0.25, -0.2) is 18.4 Å². The zero-order valence-electron chi connectivity index (χ0n) is 18.3. The maximum Gasteiger partial charge on any atom is 0.223 e. The Morgan fingerprint density at radius 3 is 3.03 bits per heavy atom. The first-order valence-corrected chi connectivity index (χ1v) is 13.9. The molecule has 1 amide bonds. The Balaban J connectivity index is 1.35. The van der Waals surface area contributed by atoms with Gasteiger partial charge in [0.25, 0.3) is 0 Å². The first-order valence-electron chi connectivity index (χ1n) is 11.0. The molecule has 2 aliphatic rings. The lowest BCUT2D eigenvalue weighted by molar-refractivity contribution is -0.125. The minimum Gasteiger partial charge on any atom is -0.356 e. The average molecular weight is 484 g/mol. The van der Waals surface area contributed by atoms with E-state index in [1.54, 1.807) is 18.1 Å². The lowest BCUT2D eigenvalue weighted by Crippen LogP contribution is -2.35. The second-order valence-corrected chi connectivity index (χ2v) is 12.0. The number of rotatable bonds is 7. The number of aliphatic imine (C=N–C) groups is 1. The molecule has 2 N–H and O–H groups in total. The zero-order valence-corrected chi connectivity index (χ0v) is 19.9. The first kappa shape index (κ1) is 22.1. The van der Waals surface area contributed by atoms with Gasteiger partial charge < -0.3 is 10.3 Å². The molecule has 3 aromatic rings. The molecule has 2 aromatic heterocycles. The first-order chi connectivity index (χ1) is 15.9. The number of nitrogens with one attached hydrogen (secondary N) is 2. The van der Waals surface area contributed by atoms with E-state index in [0.29, 0.717) is 19.4 Å². The Labute approximate surface area is 196 Å². The van der Waals surface area contributed by atoms with Gasteiger partial charge in [0.1, 0.15) is 26.8 Å². The van der Waals surface area contributed by atoms with Crippen molar-refractivity contribution in [3.63, 3.8) is 0 Å². The van der Waals surface area contributed by atoms with Crippen LogP contribution in [0, 0.1) is 5.92 Å². The van der Waals surface area contributed by atoms with Gasteiger partial charge >= 0.3 is 0 Å². The van der Waals surface area contributed by atoms with E-state index in [1.807, 2.05) is 6.21 Å². The highest BCUT2D eigenvalue weighted by molar-refractivity contribution is 7.99. The molecule has 1 atom stereocenters. The number of aromatic nitrogens is 3. The van der Waals surface area contributed by atoms with Crippen molar-refractivity contribution in [2.45, 2.75) is 42.1 Å². The number of hydrogen-bond acceptors (Lipinski definition) is 7. The summed E-state index contributed by atoms with van der Waals surface area (Å²) in [5, 5.41) is 4.78. The molecular weight excluding hydrogens is 458 g/mol. The molecule has 1 aliphatic heterocycles. The minimum absolute atomic E-state index is 0.0209. The van der Waals surface area contributed by atoms with Crippen molar-refractivity contribution in [1.29, 1.82) is 0 Å². The summed E-state index contributed by atoms with van der Waals surface area (Å²) in [6, 6.07) is 6.34. The summed E-state index contributed by atoms with van der Waals surface area (Å²) in [6.45, 7) is 1.11. The topological polar surface area (TPSA) is 117 Å². The Morgan fingerprint density at radius 2 is 2.18 bits per heavy atom. The van der Waals surface area contributed by atoms with Crippen molar-refractivity contribution in [2.24, 2.45) is 10.9 Å². The molecular formula is C23H25N5O3S2. The second kappa shape index (κ2) is 8.90. The van der Waals surface area contributed by atoms with Gasteiger partial charge in [0.15, 0.2) is 0 Å². The lowest BCUT2D eigenvalue weighted by Gasteiger charge is -2.22. The van der Waals surface area contributed by atoms with E-state index < -0.39 is 9.84 Å². The number of carbonyl (C=O) groups excluding carboxylic acids is 1. The number of H-pyrrole nitrogens is 1. The molecule has 1 unspecified atom stereocenters. The molecule has 3 heterocycles. The lowest BCUT2D eigenvalue weighted by atomic mass is 9.86. The normalized spacial score (nSPS) is 17.2. The highest BCUT2D eigenvalue weighted by Crippen LogP contribution is 2.38. The summed E-state index contributed by atoms with van der Waals surface area (Å²) in [4.78, 5) is 30.6. The number of benzene rings is 1. The van der Waals surface area contributed by atoms with E-state index in [-0.39, 0.29) is 17.6 Å². The molecule has 1 aromatic carbocycles. The third-order valence-electron chi connectivity index (χ3n) is 6.13. The highest BCUT2D eigenvalue weighted by Gasteiger charge is 2.29. The van der Waals surface area contributed by atoms with Crippen molar-refractivity contribution >= 4 is 44.8 Å². The Bertz CT molecular complexity index is 1360. The Kier molecular flexibility index (Phi) is 5.96. The highest BCUT2D eigenvalue weighted by atomic mass is 32.2. The Morgan fingerprint density at radius 1 is 1.30 bits per heavy atom. The largest absolute Gasteiger partial charge is 0.356 e. The fourth-order valence-corrected chi connectivity index (χ4v) is 6.09. The van der Waals surface area contributed by atoms with Gasteiger partial charge in [-0.05, 0) is 54.5 Å². The fraction of sp³-hybridized carbons (Fsp3) is 0.391. The van der Waals surface area contributed by atoms with Crippen LogP contribution < -0.4 is 5.32 Å². The van der Waals surface area contributed by atoms with Gasteiger partial charge in [0, 0.05) is 35.5 Å². The van der Waals surface area contributed by atoms with Gasteiger partial charge in [0.05, 0.1) is 17.7 Å². The number of hydrogen-bond donors (Lipinski definition) is 2. The number of aromatic amines is 1. The summed E-state index contributed by atoms with van der Waals surface area (Å²) in [6.07, 6.45) is 7.26. The quantitative estimate of drug-likeness (QED) is 0.394. The van der Waals surface area contributed by atoms with Gasteiger partial charge in [-0.15, -0.1) is 0 Å². The van der Waals surface area contributed by atoms with Crippen LogP contribution in [0.3, 0.4) is 0 Å². The number of aryl methyl sites for hydroxylation is 1. The molecule has 0 radical (unpaired) electrons. The van der Waals surface area contributed by atoms with E-state index >= 15 is 0 Å². The van der Waals surface area contributed by atoms with Gasteiger partial charge in [-0.2, -0.15) is 0 Å². The predicted molar refractivity (Wildman–Crippen MR) is 129 cm³/mol. The van der Waals surface area contributed by atoms with Crippen molar-refractivity contribution < 1.29 is 13.2 Å². The zero-order chi connectivity index (χ0) is 23.0. The number of nitrogens with zero attached hydrogens (tertiary/aromatic N) is 3. The molecule has 5 rings (SSSR count). The van der Waals surface area contributed by atoms with Gasteiger partial charge in [-0.3, -0.25) is 9.79 Å². The average Bonchev–Trinajstić information content (AvgIpc) is 3.39. The monoisotopic (exact) mass is 483 g/mol. The molecule has 33 heavy (non-hydrogen) atoms. The van der Waals surface area contributed by atoms with Crippen LogP contribution >= 0.6 is 11.8 Å². The third-order valence-corrected chi connectivity index (χ3v) is 8.15. The van der Waals surface area contributed by atoms with Crippen molar-refractivity contribution in [2.75, 3.05) is 18.6 Å². The summed E-state index contributed by atoms with van der Waals surface area (Å²) >= 11 is 1.60. The standard InChI is InChI=1S/C23H25N5O3S2/c1-33(30,31)8-2-7-25-22(29)14-4-6-19-18(10-14)20-21(28-19)26-13-27-23(20)32-17-5-3-15-11-24-12-16(15)9-17/h3,5,9,12-14H,2,4,6-8,10-11H2,1H3,(H,25,29)(H,26,27,28). The van der Waals surface area contributed by atoms with Crippen LogP contribution in [-0.4, -0.2) is 54.0 Å². The van der Waals surface area contributed by atoms with Crippen LogP contribution in [0.15, 0.2) is 39.4 Å². The maximum absolute atomic E-state index is 12.8. The number of fused-ring (bicyclic) bond motifs is 4. The predicted octanol–water partition coefficient (Wildman–Crippen LogP) is 2.70. The van der Waals surface area contributed by atoms with Crippen LogP contribution in [-0.2, 0) is 34.0 Å². The molecule has 0 bridgehead atoms. The van der Waals surface area contributed by atoms with Gasteiger partial charge in [-0.1, -0.05) is 17.8 Å². The SMILES string of the molecule is CS(=O)(=O)CCCNC(=O)C1CCc2[nH]c3ncnc(Sc4ccc5c(c4)C=NC5)c3c2C1. The summed E-state index contributed by atoms with van der Waals surface area (Å²) in [5.74, 6) is -0.0896. The summed E-state index contributed by atoms with van der Waals surface area (Å²) in [7, 11) is -3.02. The molecule has 8 nitrogen and oxygen atoms in total. The van der Waals surface area contributed by atoms with Crippen molar-refractivity contribution in [1.82, 2.24) is 20.3 Å². The van der Waals surface area contributed by atoms with Crippen LogP contribution in [0.1, 0.15) is 35.2 Å². The molecule has 0 spiro atoms. The van der Waals surface area contributed by atoms with E-state index in [9.17, 15) is 13.2 Å². The van der Waals surface area contributed by atoms with Crippen LogP contribution in [0.25, 0.3) is 11.0 Å².